The van der Waals surface area contributed by atoms with Gasteiger partial charge in [-0.15, -0.1) is 0 Å². The van der Waals surface area contributed by atoms with Gasteiger partial charge in [0.05, 0.1) is 9.85 Å². The van der Waals surface area contributed by atoms with E-state index in [9.17, 15) is 25.0 Å². The Hall–Kier alpha value is -3.24. The van der Waals surface area contributed by atoms with Crippen molar-refractivity contribution in [2.45, 2.75) is 0 Å². The van der Waals surface area contributed by atoms with Crippen molar-refractivity contribution in [1.82, 2.24) is 0 Å². The predicted molar refractivity (Wildman–Crippen MR) is 96.7 cm³/mol. The number of amides is 1. The van der Waals surface area contributed by atoms with Gasteiger partial charge in [0.2, 0.25) is 0 Å². The van der Waals surface area contributed by atoms with Gasteiger partial charge in [0, 0.05) is 36.5 Å². The molecule has 2 rings (SSSR count). The fourth-order valence-electron chi connectivity index (χ4n) is 2.11. The highest BCUT2D eigenvalue weighted by Crippen LogP contribution is 2.29. The quantitative estimate of drug-likeness (QED) is 0.493. The monoisotopic (exact) mass is 379 g/mol. The van der Waals surface area contributed by atoms with Gasteiger partial charge < -0.3 is 16.4 Å². The number of nitro benzene ring substituents is 2. The highest BCUT2D eigenvalue weighted by molar-refractivity contribution is 6.32. The normalized spacial score (nSPS) is 10.2. The van der Waals surface area contributed by atoms with Crippen LogP contribution < -0.4 is 16.4 Å². The van der Waals surface area contributed by atoms with Gasteiger partial charge in [-0.25, -0.2) is 0 Å². The summed E-state index contributed by atoms with van der Waals surface area (Å²) in [6.45, 7) is 0.621. The van der Waals surface area contributed by atoms with Crippen LogP contribution in [0.15, 0.2) is 36.4 Å². The zero-order valence-electron chi connectivity index (χ0n) is 13.3. The molecule has 0 saturated heterocycles. The Morgan fingerprint density at radius 2 is 1.77 bits per heavy atom. The third kappa shape index (κ3) is 4.43. The van der Waals surface area contributed by atoms with Crippen LogP contribution in [0, 0.1) is 20.2 Å². The van der Waals surface area contributed by atoms with Crippen LogP contribution >= 0.6 is 11.6 Å². The van der Waals surface area contributed by atoms with Crippen LogP contribution in [-0.4, -0.2) is 28.8 Å². The molecule has 0 heterocycles. The second-order valence-electron chi connectivity index (χ2n) is 5.08. The molecule has 4 N–H and O–H groups in total. The lowest BCUT2D eigenvalue weighted by Crippen LogP contribution is -2.15. The summed E-state index contributed by atoms with van der Waals surface area (Å²) in [5, 5.41) is 27.3. The van der Waals surface area contributed by atoms with Crippen LogP contribution in [0.1, 0.15) is 10.4 Å². The van der Waals surface area contributed by atoms with Gasteiger partial charge in [-0.05, 0) is 24.3 Å². The van der Waals surface area contributed by atoms with Crippen LogP contribution in [-0.2, 0) is 0 Å². The van der Waals surface area contributed by atoms with Gasteiger partial charge in [-0.3, -0.25) is 25.0 Å². The van der Waals surface area contributed by atoms with Crippen LogP contribution in [0.3, 0.4) is 0 Å². The summed E-state index contributed by atoms with van der Waals surface area (Å²) in [6, 6.07) is 7.67. The average molecular weight is 380 g/mol. The minimum Gasteiger partial charge on any atom is -0.378 e. The standard InChI is InChI=1S/C15H14ClN5O5/c16-11-3-2-10(8-13(11)20(23)24)19-15(22)9-1-4-12(18-6-5-17)14(7-9)21(25)26/h1-4,7-8,18H,5-6,17H2,(H,19,22). The fourth-order valence-corrected chi connectivity index (χ4v) is 2.30. The Bertz CT molecular complexity index is 874. The van der Waals surface area contributed by atoms with Crippen LogP contribution in [0.5, 0.6) is 0 Å². The summed E-state index contributed by atoms with van der Waals surface area (Å²) >= 11 is 5.71. The predicted octanol–water partition coefficient (Wildman–Crippen LogP) is 2.78. The number of carbonyl (C=O) groups excluding carboxylic acids is 1. The van der Waals surface area contributed by atoms with E-state index in [0.29, 0.717) is 6.54 Å². The summed E-state index contributed by atoms with van der Waals surface area (Å²) in [4.78, 5) is 33.1. The number of nitro groups is 2. The molecule has 0 bridgehead atoms. The Labute approximate surface area is 152 Å². The van der Waals surface area contributed by atoms with E-state index in [-0.39, 0.29) is 39.9 Å². The third-order valence-electron chi connectivity index (χ3n) is 3.32. The molecule has 26 heavy (non-hydrogen) atoms. The largest absolute Gasteiger partial charge is 0.378 e. The van der Waals surface area contributed by atoms with E-state index in [1.54, 1.807) is 0 Å². The Kier molecular flexibility index (Phi) is 6.04. The molecule has 2 aromatic rings. The third-order valence-corrected chi connectivity index (χ3v) is 3.64. The maximum atomic E-state index is 12.3. The van der Waals surface area contributed by atoms with Gasteiger partial charge in [0.25, 0.3) is 17.3 Å². The lowest BCUT2D eigenvalue weighted by atomic mass is 10.1. The Morgan fingerprint density at radius 3 is 2.38 bits per heavy atom. The summed E-state index contributed by atoms with van der Waals surface area (Å²) in [5.41, 5.74) is 5.10. The average Bonchev–Trinajstić information content (AvgIpc) is 2.61. The molecule has 136 valence electrons. The molecule has 0 aliphatic heterocycles. The van der Waals surface area contributed by atoms with Crippen LogP contribution in [0.2, 0.25) is 5.02 Å². The molecular weight excluding hydrogens is 366 g/mol. The summed E-state index contributed by atoms with van der Waals surface area (Å²) in [7, 11) is 0. The van der Waals surface area contributed by atoms with Crippen molar-refractivity contribution in [1.29, 1.82) is 0 Å². The van der Waals surface area contributed by atoms with Crippen LogP contribution in [0.25, 0.3) is 0 Å². The first-order valence-corrected chi connectivity index (χ1v) is 7.69. The van der Waals surface area contributed by atoms with E-state index < -0.39 is 15.8 Å². The lowest BCUT2D eigenvalue weighted by Gasteiger charge is -2.09. The SMILES string of the molecule is NCCNc1ccc(C(=O)Nc2ccc(Cl)c([N+](=O)[O-])c2)cc1[N+](=O)[O-]. The molecule has 2 aromatic carbocycles. The first-order chi connectivity index (χ1) is 12.3. The van der Waals surface area contributed by atoms with Gasteiger partial charge in [-0.1, -0.05) is 11.6 Å². The molecule has 0 unspecified atom stereocenters. The molecule has 0 spiro atoms. The highest BCUT2D eigenvalue weighted by Gasteiger charge is 2.19. The topological polar surface area (TPSA) is 153 Å². The van der Waals surface area contributed by atoms with Crippen molar-refractivity contribution in [3.63, 3.8) is 0 Å². The molecule has 0 atom stereocenters. The van der Waals surface area contributed by atoms with Crippen molar-refractivity contribution in [3.8, 4) is 0 Å². The lowest BCUT2D eigenvalue weighted by molar-refractivity contribution is -0.384. The van der Waals surface area contributed by atoms with Crippen molar-refractivity contribution >= 4 is 40.3 Å². The number of carbonyl (C=O) groups is 1. The zero-order chi connectivity index (χ0) is 19.3. The molecule has 0 aliphatic rings. The molecule has 11 heteroatoms. The van der Waals surface area contributed by atoms with E-state index in [4.69, 9.17) is 17.3 Å². The second-order valence-corrected chi connectivity index (χ2v) is 5.49. The molecule has 0 radical (unpaired) electrons. The van der Waals surface area contributed by atoms with E-state index in [2.05, 4.69) is 10.6 Å². The van der Waals surface area contributed by atoms with Gasteiger partial charge in [0.15, 0.2) is 0 Å². The van der Waals surface area contributed by atoms with Crippen molar-refractivity contribution in [3.05, 3.63) is 67.2 Å². The number of hydrogen-bond acceptors (Lipinski definition) is 7. The Morgan fingerprint density at radius 1 is 1.08 bits per heavy atom. The first kappa shape index (κ1) is 19.1. The van der Waals surface area contributed by atoms with E-state index in [1.165, 1.54) is 24.3 Å². The molecule has 0 saturated carbocycles. The van der Waals surface area contributed by atoms with E-state index in [0.717, 1.165) is 12.1 Å². The molecular formula is C15H14ClN5O5. The summed E-state index contributed by atoms with van der Waals surface area (Å²) < 4.78 is 0. The molecule has 0 fully saturated rings. The van der Waals surface area contributed by atoms with Crippen LogP contribution in [0.4, 0.5) is 22.7 Å². The van der Waals surface area contributed by atoms with Crippen molar-refractivity contribution in [2.75, 3.05) is 23.7 Å². The number of nitrogens with zero attached hydrogens (tertiary/aromatic N) is 2. The summed E-state index contributed by atoms with van der Waals surface area (Å²) in [6.07, 6.45) is 0. The smallest absolute Gasteiger partial charge is 0.293 e. The number of benzene rings is 2. The Balaban J connectivity index is 2.27. The maximum Gasteiger partial charge on any atom is 0.293 e. The van der Waals surface area contributed by atoms with E-state index >= 15 is 0 Å². The molecule has 1 amide bonds. The molecule has 0 aromatic heterocycles. The van der Waals surface area contributed by atoms with E-state index in [1.807, 2.05) is 0 Å². The second kappa shape index (κ2) is 8.23. The number of rotatable bonds is 7. The number of nitrogens with one attached hydrogen (secondary N) is 2. The minimum absolute atomic E-state index is 0.0209. The zero-order valence-corrected chi connectivity index (χ0v) is 14.0. The highest BCUT2D eigenvalue weighted by atomic mass is 35.5. The maximum absolute atomic E-state index is 12.3. The first-order valence-electron chi connectivity index (χ1n) is 7.31. The number of halogens is 1. The fraction of sp³-hybridized carbons (Fsp3) is 0.133. The van der Waals surface area contributed by atoms with Crippen molar-refractivity contribution < 1.29 is 14.6 Å². The number of hydrogen-bond donors (Lipinski definition) is 3. The number of anilines is 2. The molecule has 10 nitrogen and oxygen atoms in total. The van der Waals surface area contributed by atoms with Gasteiger partial charge in [0.1, 0.15) is 10.7 Å². The molecule has 0 aliphatic carbocycles. The minimum atomic E-state index is -0.680. The number of nitrogens with two attached hydrogens (primary N) is 1. The van der Waals surface area contributed by atoms with Gasteiger partial charge in [-0.2, -0.15) is 0 Å². The van der Waals surface area contributed by atoms with Crippen molar-refractivity contribution in [2.24, 2.45) is 5.73 Å². The summed E-state index contributed by atoms with van der Waals surface area (Å²) in [5.74, 6) is -0.657. The van der Waals surface area contributed by atoms with Gasteiger partial charge >= 0.3 is 0 Å².